The lowest BCUT2D eigenvalue weighted by atomic mass is 10.0. The number of benzene rings is 1. The molecule has 1 saturated carbocycles. The van der Waals surface area contributed by atoms with Gasteiger partial charge < -0.3 is 10.4 Å². The predicted molar refractivity (Wildman–Crippen MR) is 61.4 cm³/mol. The van der Waals surface area contributed by atoms with Crippen molar-refractivity contribution in [2.75, 3.05) is 6.54 Å². The van der Waals surface area contributed by atoms with E-state index in [2.05, 4.69) is 5.32 Å². The molecule has 0 radical (unpaired) electrons. The van der Waals surface area contributed by atoms with E-state index in [0.717, 1.165) is 37.8 Å². The summed E-state index contributed by atoms with van der Waals surface area (Å²) < 4.78 is 38.6. The zero-order valence-corrected chi connectivity index (χ0v) is 9.98. The molecule has 0 aliphatic heterocycles. The van der Waals surface area contributed by atoms with E-state index in [0.29, 0.717) is 12.1 Å². The summed E-state index contributed by atoms with van der Waals surface area (Å²) in [5.74, 6) is -3.83. The van der Waals surface area contributed by atoms with E-state index < -0.39 is 23.1 Å². The van der Waals surface area contributed by atoms with E-state index in [9.17, 15) is 18.3 Å². The Morgan fingerprint density at radius 1 is 1.11 bits per heavy atom. The Morgan fingerprint density at radius 2 is 1.67 bits per heavy atom. The van der Waals surface area contributed by atoms with Gasteiger partial charge in [-0.25, -0.2) is 13.2 Å². The second-order valence-corrected chi connectivity index (χ2v) is 4.91. The van der Waals surface area contributed by atoms with Crippen LogP contribution < -0.4 is 5.32 Å². The van der Waals surface area contributed by atoms with Crippen molar-refractivity contribution in [1.82, 2.24) is 5.32 Å². The standard InChI is InChI=1S/C13H16F3NO/c14-10-5-9(6-11(15)12(10)16)7-17-8-13(18)3-1-2-4-13/h5-6,17-18H,1-4,7-8H2. The number of aliphatic hydroxyl groups is 1. The van der Waals surface area contributed by atoms with Crippen molar-refractivity contribution in [3.8, 4) is 0 Å². The van der Waals surface area contributed by atoms with Crippen LogP contribution in [0, 0.1) is 17.5 Å². The summed E-state index contributed by atoms with van der Waals surface area (Å²) in [5, 5.41) is 13.0. The highest BCUT2D eigenvalue weighted by molar-refractivity contribution is 5.19. The zero-order chi connectivity index (χ0) is 13.2. The summed E-state index contributed by atoms with van der Waals surface area (Å²) in [6.07, 6.45) is 3.48. The largest absolute Gasteiger partial charge is 0.389 e. The molecule has 5 heteroatoms. The van der Waals surface area contributed by atoms with Crippen molar-refractivity contribution in [2.24, 2.45) is 0 Å². The van der Waals surface area contributed by atoms with Crippen LogP contribution >= 0.6 is 0 Å². The second-order valence-electron chi connectivity index (χ2n) is 4.91. The monoisotopic (exact) mass is 259 g/mol. The number of halogens is 3. The van der Waals surface area contributed by atoms with Crippen molar-refractivity contribution in [2.45, 2.75) is 37.8 Å². The molecule has 0 amide bonds. The van der Waals surface area contributed by atoms with Gasteiger partial charge in [0.15, 0.2) is 17.5 Å². The van der Waals surface area contributed by atoms with Crippen molar-refractivity contribution in [3.05, 3.63) is 35.1 Å². The van der Waals surface area contributed by atoms with Crippen molar-refractivity contribution in [1.29, 1.82) is 0 Å². The molecule has 1 fully saturated rings. The van der Waals surface area contributed by atoms with Gasteiger partial charge in [0.2, 0.25) is 0 Å². The number of nitrogens with one attached hydrogen (secondary N) is 1. The van der Waals surface area contributed by atoms with E-state index in [-0.39, 0.29) is 6.54 Å². The molecule has 1 aromatic carbocycles. The molecule has 0 spiro atoms. The molecule has 100 valence electrons. The maximum absolute atomic E-state index is 13.0. The molecule has 0 aromatic heterocycles. The van der Waals surface area contributed by atoms with Gasteiger partial charge in [-0.15, -0.1) is 0 Å². The molecule has 1 aromatic rings. The first-order valence-electron chi connectivity index (χ1n) is 6.07. The van der Waals surface area contributed by atoms with Gasteiger partial charge in [-0.1, -0.05) is 12.8 Å². The van der Waals surface area contributed by atoms with Crippen LogP contribution in [0.25, 0.3) is 0 Å². The van der Waals surface area contributed by atoms with Crippen LogP contribution in [0.5, 0.6) is 0 Å². The first-order valence-corrected chi connectivity index (χ1v) is 6.07. The third-order valence-corrected chi connectivity index (χ3v) is 3.36. The maximum Gasteiger partial charge on any atom is 0.194 e. The Hall–Kier alpha value is -1.07. The van der Waals surface area contributed by atoms with Crippen molar-refractivity contribution >= 4 is 0 Å². The van der Waals surface area contributed by atoms with Gasteiger partial charge >= 0.3 is 0 Å². The minimum absolute atomic E-state index is 0.205. The lowest BCUT2D eigenvalue weighted by molar-refractivity contribution is 0.0475. The molecule has 18 heavy (non-hydrogen) atoms. The van der Waals surface area contributed by atoms with Crippen LogP contribution in [0.3, 0.4) is 0 Å². The fourth-order valence-corrected chi connectivity index (χ4v) is 2.36. The molecule has 0 saturated heterocycles. The van der Waals surface area contributed by atoms with E-state index in [1.807, 2.05) is 0 Å². The lowest BCUT2D eigenvalue weighted by Gasteiger charge is -2.22. The fourth-order valence-electron chi connectivity index (χ4n) is 2.36. The molecular formula is C13H16F3NO. The van der Waals surface area contributed by atoms with Crippen molar-refractivity contribution in [3.63, 3.8) is 0 Å². The van der Waals surface area contributed by atoms with Crippen LogP contribution in [0.4, 0.5) is 13.2 Å². The first-order chi connectivity index (χ1) is 8.50. The van der Waals surface area contributed by atoms with Gasteiger partial charge in [0.1, 0.15) is 0 Å². The summed E-state index contributed by atoms with van der Waals surface area (Å²) >= 11 is 0. The van der Waals surface area contributed by atoms with Gasteiger partial charge in [0.25, 0.3) is 0 Å². The Labute approximate surface area is 104 Å². The van der Waals surface area contributed by atoms with Crippen LogP contribution in [0.2, 0.25) is 0 Å². The van der Waals surface area contributed by atoms with Crippen LogP contribution in [-0.4, -0.2) is 17.3 Å². The lowest BCUT2D eigenvalue weighted by Crippen LogP contribution is -2.37. The Morgan fingerprint density at radius 3 is 2.22 bits per heavy atom. The molecular weight excluding hydrogens is 243 g/mol. The minimum Gasteiger partial charge on any atom is -0.389 e. The summed E-state index contributed by atoms with van der Waals surface area (Å²) in [6.45, 7) is 0.587. The Bertz CT molecular complexity index is 407. The second kappa shape index (κ2) is 5.28. The molecule has 2 N–H and O–H groups in total. The van der Waals surface area contributed by atoms with E-state index in [4.69, 9.17) is 0 Å². The minimum atomic E-state index is -1.45. The zero-order valence-electron chi connectivity index (χ0n) is 9.98. The predicted octanol–water partition coefficient (Wildman–Crippen LogP) is 2.50. The van der Waals surface area contributed by atoms with Gasteiger partial charge in [-0.3, -0.25) is 0 Å². The van der Waals surface area contributed by atoms with E-state index in [1.54, 1.807) is 0 Å². The van der Waals surface area contributed by atoms with E-state index in [1.165, 1.54) is 0 Å². The molecule has 1 aliphatic rings. The Kier molecular flexibility index (Phi) is 3.92. The highest BCUT2D eigenvalue weighted by atomic mass is 19.2. The van der Waals surface area contributed by atoms with Gasteiger partial charge in [0.05, 0.1) is 5.60 Å². The molecule has 0 heterocycles. The molecule has 2 rings (SSSR count). The highest BCUT2D eigenvalue weighted by Crippen LogP contribution is 2.28. The van der Waals surface area contributed by atoms with Gasteiger partial charge in [-0.2, -0.15) is 0 Å². The third-order valence-electron chi connectivity index (χ3n) is 3.36. The number of hydrogen-bond acceptors (Lipinski definition) is 2. The molecule has 0 atom stereocenters. The summed E-state index contributed by atoms with van der Waals surface area (Å²) in [5.41, 5.74) is -0.384. The van der Waals surface area contributed by atoms with Crippen LogP contribution in [0.1, 0.15) is 31.2 Å². The van der Waals surface area contributed by atoms with E-state index >= 15 is 0 Å². The number of rotatable bonds is 4. The SMILES string of the molecule is OC1(CNCc2cc(F)c(F)c(F)c2)CCCC1. The Balaban J connectivity index is 1.90. The first kappa shape index (κ1) is 13.4. The van der Waals surface area contributed by atoms with Gasteiger partial charge in [-0.05, 0) is 30.5 Å². The average Bonchev–Trinajstić information content (AvgIpc) is 2.73. The van der Waals surface area contributed by atoms with Crippen molar-refractivity contribution < 1.29 is 18.3 Å². The summed E-state index contributed by atoms with van der Waals surface area (Å²) in [7, 11) is 0. The molecule has 0 bridgehead atoms. The highest BCUT2D eigenvalue weighted by Gasteiger charge is 2.30. The molecule has 0 unspecified atom stereocenters. The average molecular weight is 259 g/mol. The van der Waals surface area contributed by atoms with Crippen LogP contribution in [-0.2, 0) is 6.54 Å². The summed E-state index contributed by atoms with van der Waals surface area (Å²) in [4.78, 5) is 0. The third kappa shape index (κ3) is 3.03. The normalized spacial score (nSPS) is 18.2. The smallest absolute Gasteiger partial charge is 0.194 e. The molecule has 1 aliphatic carbocycles. The van der Waals surface area contributed by atoms with Gasteiger partial charge in [0, 0.05) is 13.1 Å². The topological polar surface area (TPSA) is 32.3 Å². The fraction of sp³-hybridized carbons (Fsp3) is 0.538. The summed E-state index contributed by atoms with van der Waals surface area (Å²) in [6, 6.07) is 1.92. The quantitative estimate of drug-likeness (QED) is 0.814. The molecule has 2 nitrogen and oxygen atoms in total. The number of hydrogen-bond donors (Lipinski definition) is 2. The van der Waals surface area contributed by atoms with Crippen LogP contribution in [0.15, 0.2) is 12.1 Å². The maximum atomic E-state index is 13.0.